The molecule has 1 fully saturated rings. The number of benzene rings is 2. The van der Waals surface area contributed by atoms with Gasteiger partial charge >= 0.3 is 0 Å². The summed E-state index contributed by atoms with van der Waals surface area (Å²) in [6, 6.07) is 18.5. The molecular weight excluding hydrogens is 244 g/mol. The first-order chi connectivity index (χ1) is 9.81. The second-order valence-electron chi connectivity index (χ2n) is 5.70. The number of para-hydroxylation sites is 1. The first-order valence-corrected chi connectivity index (χ1v) is 7.47. The molecule has 2 aromatic carbocycles. The second-order valence-corrected chi connectivity index (χ2v) is 5.70. The third-order valence-corrected chi connectivity index (χ3v) is 4.18. The van der Waals surface area contributed by atoms with Crippen LogP contribution >= 0.6 is 0 Å². The summed E-state index contributed by atoms with van der Waals surface area (Å²) < 4.78 is 5.83. The quantitative estimate of drug-likeness (QED) is 0.703. The minimum absolute atomic E-state index is 0.659. The van der Waals surface area contributed by atoms with E-state index >= 15 is 0 Å². The molecule has 1 aliphatic carbocycles. The molecule has 0 heterocycles. The summed E-state index contributed by atoms with van der Waals surface area (Å²) in [7, 11) is 0. The first kappa shape index (κ1) is 13.2. The van der Waals surface area contributed by atoms with E-state index in [9.17, 15) is 0 Å². The van der Waals surface area contributed by atoms with Crippen molar-refractivity contribution in [3.05, 3.63) is 67.1 Å². The molecule has 0 atom stereocenters. The summed E-state index contributed by atoms with van der Waals surface area (Å²) in [5, 5.41) is 0. The van der Waals surface area contributed by atoms with E-state index in [1.807, 2.05) is 30.3 Å². The van der Waals surface area contributed by atoms with E-state index in [1.54, 1.807) is 0 Å². The second kappa shape index (κ2) is 6.13. The molecule has 20 heavy (non-hydrogen) atoms. The Morgan fingerprint density at radius 3 is 2.00 bits per heavy atom. The predicted molar refractivity (Wildman–Crippen MR) is 83.0 cm³/mol. The van der Waals surface area contributed by atoms with Crippen LogP contribution in [0.5, 0.6) is 11.5 Å². The van der Waals surface area contributed by atoms with Crippen LogP contribution in [-0.4, -0.2) is 0 Å². The van der Waals surface area contributed by atoms with Crippen molar-refractivity contribution in [3.8, 4) is 11.5 Å². The van der Waals surface area contributed by atoms with Crippen LogP contribution < -0.4 is 4.74 Å². The summed E-state index contributed by atoms with van der Waals surface area (Å²) in [5.74, 6) is 3.16. The molecule has 1 saturated carbocycles. The zero-order chi connectivity index (χ0) is 13.8. The van der Waals surface area contributed by atoms with Gasteiger partial charge in [-0.25, -0.2) is 0 Å². The van der Waals surface area contributed by atoms with Crippen molar-refractivity contribution in [1.82, 2.24) is 0 Å². The molecule has 0 aliphatic heterocycles. The van der Waals surface area contributed by atoms with Gasteiger partial charge in [-0.2, -0.15) is 0 Å². The Balaban J connectivity index is 1.65. The lowest BCUT2D eigenvalue weighted by Gasteiger charge is -2.26. The average Bonchev–Trinajstić information content (AvgIpc) is 2.50. The molecule has 1 nitrogen and oxygen atoms in total. The lowest BCUT2D eigenvalue weighted by atomic mass is 9.79. The Morgan fingerprint density at radius 1 is 0.750 bits per heavy atom. The van der Waals surface area contributed by atoms with Crippen LogP contribution in [0.15, 0.2) is 54.6 Å². The van der Waals surface area contributed by atoms with E-state index in [0.29, 0.717) is 11.8 Å². The van der Waals surface area contributed by atoms with Crippen LogP contribution in [0.4, 0.5) is 0 Å². The van der Waals surface area contributed by atoms with Crippen LogP contribution in [-0.2, 0) is 0 Å². The van der Waals surface area contributed by atoms with Gasteiger partial charge in [-0.1, -0.05) is 37.3 Å². The van der Waals surface area contributed by atoms with Crippen molar-refractivity contribution in [2.75, 3.05) is 0 Å². The number of hydrogen-bond acceptors (Lipinski definition) is 1. The monoisotopic (exact) mass is 265 g/mol. The molecule has 0 unspecified atom stereocenters. The smallest absolute Gasteiger partial charge is 0.127 e. The molecule has 0 bridgehead atoms. The molecule has 0 N–H and O–H groups in total. The van der Waals surface area contributed by atoms with Gasteiger partial charge in [-0.15, -0.1) is 0 Å². The lowest BCUT2D eigenvalue weighted by Crippen LogP contribution is -2.10. The summed E-state index contributed by atoms with van der Waals surface area (Å²) >= 11 is 0. The van der Waals surface area contributed by atoms with E-state index < -0.39 is 0 Å². The molecule has 1 heteroatoms. The Kier molecular flexibility index (Phi) is 4.05. The number of rotatable bonds is 3. The van der Waals surface area contributed by atoms with E-state index in [2.05, 4.69) is 31.2 Å². The van der Waals surface area contributed by atoms with Crippen molar-refractivity contribution in [2.24, 2.45) is 5.92 Å². The van der Waals surface area contributed by atoms with E-state index in [1.165, 1.54) is 31.2 Å². The van der Waals surface area contributed by atoms with Gasteiger partial charge < -0.3 is 4.74 Å². The van der Waals surface area contributed by atoms with Gasteiger partial charge in [0.2, 0.25) is 0 Å². The van der Waals surface area contributed by atoms with Gasteiger partial charge in [-0.3, -0.25) is 0 Å². The minimum atomic E-state index is 0.659. The maximum absolute atomic E-state index is 5.83. The van der Waals surface area contributed by atoms with Crippen molar-refractivity contribution < 1.29 is 4.74 Å². The van der Waals surface area contributed by atoms with Crippen LogP contribution in [0.3, 0.4) is 0 Å². The SMILES string of the molecule is [CH2]C1CCC(c2ccc(Oc3ccccc3)cc2)CC1. The highest BCUT2D eigenvalue weighted by atomic mass is 16.5. The molecule has 0 saturated heterocycles. The highest BCUT2D eigenvalue weighted by molar-refractivity contribution is 5.34. The van der Waals surface area contributed by atoms with Crippen molar-refractivity contribution in [2.45, 2.75) is 31.6 Å². The minimum Gasteiger partial charge on any atom is -0.457 e. The zero-order valence-corrected chi connectivity index (χ0v) is 11.8. The number of hydrogen-bond donors (Lipinski definition) is 0. The van der Waals surface area contributed by atoms with Gasteiger partial charge in [0.25, 0.3) is 0 Å². The molecule has 3 rings (SSSR count). The maximum Gasteiger partial charge on any atom is 0.127 e. The molecule has 0 spiro atoms. The van der Waals surface area contributed by atoms with Crippen LogP contribution in [0.2, 0.25) is 0 Å². The highest BCUT2D eigenvalue weighted by Gasteiger charge is 2.19. The fourth-order valence-corrected chi connectivity index (χ4v) is 2.93. The van der Waals surface area contributed by atoms with Gasteiger partial charge in [0.1, 0.15) is 11.5 Å². The summed E-state index contributed by atoms with van der Waals surface area (Å²) in [4.78, 5) is 0. The summed E-state index contributed by atoms with van der Waals surface area (Å²) in [5.41, 5.74) is 1.44. The van der Waals surface area contributed by atoms with Gasteiger partial charge in [0, 0.05) is 0 Å². The van der Waals surface area contributed by atoms with Crippen molar-refractivity contribution in [1.29, 1.82) is 0 Å². The normalized spacial score (nSPS) is 22.4. The molecule has 1 aliphatic rings. The van der Waals surface area contributed by atoms with Gasteiger partial charge in [0.05, 0.1) is 0 Å². The van der Waals surface area contributed by atoms with Crippen LogP contribution in [0, 0.1) is 12.8 Å². The van der Waals surface area contributed by atoms with Gasteiger partial charge in [-0.05, 0) is 67.3 Å². The molecule has 103 valence electrons. The Labute approximate surface area is 121 Å². The number of ether oxygens (including phenoxy) is 1. The van der Waals surface area contributed by atoms with Gasteiger partial charge in [0.15, 0.2) is 0 Å². The molecular formula is C19H21O. The Bertz CT molecular complexity index is 521. The topological polar surface area (TPSA) is 9.23 Å². The summed E-state index contributed by atoms with van der Waals surface area (Å²) in [6.45, 7) is 4.17. The zero-order valence-electron chi connectivity index (χ0n) is 11.8. The van der Waals surface area contributed by atoms with Crippen LogP contribution in [0.25, 0.3) is 0 Å². The summed E-state index contributed by atoms with van der Waals surface area (Å²) in [6.07, 6.45) is 5.06. The first-order valence-electron chi connectivity index (χ1n) is 7.47. The molecule has 0 amide bonds. The third-order valence-electron chi connectivity index (χ3n) is 4.18. The van der Waals surface area contributed by atoms with Crippen molar-refractivity contribution >= 4 is 0 Å². The molecule has 2 aromatic rings. The maximum atomic E-state index is 5.83. The van der Waals surface area contributed by atoms with E-state index in [-0.39, 0.29) is 0 Å². The fraction of sp³-hybridized carbons (Fsp3) is 0.316. The molecule has 0 aromatic heterocycles. The Hall–Kier alpha value is -1.76. The van der Waals surface area contributed by atoms with E-state index in [4.69, 9.17) is 4.74 Å². The average molecular weight is 265 g/mol. The third kappa shape index (κ3) is 3.22. The predicted octanol–water partition coefficient (Wildman–Crippen LogP) is 5.59. The largest absolute Gasteiger partial charge is 0.457 e. The fourth-order valence-electron chi connectivity index (χ4n) is 2.93. The standard InChI is InChI=1S/C19H21O/c1-15-7-9-16(10-8-15)17-11-13-19(14-12-17)20-18-5-3-2-4-6-18/h2-6,11-16H,1,7-10H2. The lowest BCUT2D eigenvalue weighted by molar-refractivity contribution is 0.373. The van der Waals surface area contributed by atoms with Crippen LogP contribution in [0.1, 0.15) is 37.2 Å². The molecule has 1 radical (unpaired) electrons. The highest BCUT2D eigenvalue weighted by Crippen LogP contribution is 2.36. The Morgan fingerprint density at radius 2 is 1.35 bits per heavy atom. The van der Waals surface area contributed by atoms with Crippen molar-refractivity contribution in [3.63, 3.8) is 0 Å². The van der Waals surface area contributed by atoms with E-state index in [0.717, 1.165) is 11.5 Å².